The lowest BCUT2D eigenvalue weighted by atomic mass is 9.98. The largest absolute Gasteiger partial charge is 0.463 e. The lowest BCUT2D eigenvalue weighted by Gasteiger charge is -2.43. The van der Waals surface area contributed by atoms with Crippen LogP contribution in [0.1, 0.15) is 27.7 Å². The minimum Gasteiger partial charge on any atom is -0.463 e. The third-order valence-electron chi connectivity index (χ3n) is 4.79. The number of hydrogen-bond donors (Lipinski definition) is 1. The first-order chi connectivity index (χ1) is 18.0. The number of rotatable bonds is 9. The molecule has 5 atom stereocenters. The highest BCUT2D eigenvalue weighted by molar-refractivity contribution is 6.28. The summed E-state index contributed by atoms with van der Waals surface area (Å²) in [6.45, 7) is 4.07. The Bertz CT molecular complexity index is 1170. The van der Waals surface area contributed by atoms with E-state index in [1.807, 2.05) is 6.07 Å². The SMILES string of the molecule is CC(=O)OC[C@H]1O[C@@H](Oc2nc(Cl)nc(Nc3ccccc3)n2)[C@H](OC(C)=O)[C@@H](OC(C)=O)[C@@H]1OC(C)=O. The summed E-state index contributed by atoms with van der Waals surface area (Å²) in [6, 6.07) is 8.59. The molecule has 0 radical (unpaired) electrons. The minimum absolute atomic E-state index is 0.0248. The molecule has 0 saturated carbocycles. The number of aromatic nitrogens is 3. The average molecular weight is 553 g/mol. The molecule has 0 aliphatic carbocycles. The second-order valence-electron chi connectivity index (χ2n) is 7.89. The van der Waals surface area contributed by atoms with Gasteiger partial charge in [-0.1, -0.05) is 18.2 Å². The maximum atomic E-state index is 12.0. The molecular formula is C23H25ClN4O10. The van der Waals surface area contributed by atoms with Crippen LogP contribution in [0.15, 0.2) is 30.3 Å². The lowest BCUT2D eigenvalue weighted by Crippen LogP contribution is -2.63. The van der Waals surface area contributed by atoms with Crippen molar-refractivity contribution in [2.75, 3.05) is 11.9 Å². The average Bonchev–Trinajstić information content (AvgIpc) is 2.81. The first-order valence-corrected chi connectivity index (χ1v) is 11.6. The molecule has 0 spiro atoms. The Labute approximate surface area is 221 Å². The zero-order valence-corrected chi connectivity index (χ0v) is 21.5. The highest BCUT2D eigenvalue weighted by Crippen LogP contribution is 2.30. The van der Waals surface area contributed by atoms with Gasteiger partial charge < -0.3 is 33.7 Å². The van der Waals surface area contributed by atoms with Crippen LogP contribution in [0.2, 0.25) is 5.28 Å². The summed E-state index contributed by atoms with van der Waals surface area (Å²) in [5, 5.41) is 2.70. The molecule has 15 heteroatoms. The smallest absolute Gasteiger partial charge is 0.325 e. The predicted octanol–water partition coefficient (Wildman–Crippen LogP) is 1.73. The van der Waals surface area contributed by atoms with Crippen molar-refractivity contribution in [2.45, 2.75) is 58.4 Å². The van der Waals surface area contributed by atoms with Crippen molar-refractivity contribution in [3.8, 4) is 6.01 Å². The van der Waals surface area contributed by atoms with E-state index in [0.29, 0.717) is 5.69 Å². The summed E-state index contributed by atoms with van der Waals surface area (Å²) in [6.07, 6.45) is -6.95. The van der Waals surface area contributed by atoms with Gasteiger partial charge in [0, 0.05) is 33.4 Å². The summed E-state index contributed by atoms with van der Waals surface area (Å²) >= 11 is 6.05. The molecule has 2 aromatic rings. The Morgan fingerprint density at radius 2 is 1.45 bits per heavy atom. The van der Waals surface area contributed by atoms with Crippen LogP contribution in [0, 0.1) is 0 Å². The van der Waals surface area contributed by atoms with E-state index in [4.69, 9.17) is 40.0 Å². The van der Waals surface area contributed by atoms with Gasteiger partial charge in [-0.2, -0.15) is 15.0 Å². The zero-order chi connectivity index (χ0) is 27.8. The van der Waals surface area contributed by atoms with Crippen molar-refractivity contribution < 1.29 is 47.6 Å². The van der Waals surface area contributed by atoms with E-state index in [1.165, 1.54) is 0 Å². The molecule has 1 saturated heterocycles. The van der Waals surface area contributed by atoms with Crippen LogP contribution in [0.5, 0.6) is 6.01 Å². The number of ether oxygens (including phenoxy) is 6. The molecule has 38 heavy (non-hydrogen) atoms. The molecule has 0 unspecified atom stereocenters. The molecule has 1 aromatic heterocycles. The molecule has 1 aliphatic rings. The third kappa shape index (κ3) is 8.24. The van der Waals surface area contributed by atoms with Crippen molar-refractivity contribution in [1.29, 1.82) is 0 Å². The normalized spacial score (nSPS) is 22.5. The highest BCUT2D eigenvalue weighted by Gasteiger charge is 2.53. The molecule has 1 N–H and O–H groups in total. The zero-order valence-electron chi connectivity index (χ0n) is 20.8. The van der Waals surface area contributed by atoms with Gasteiger partial charge in [0.15, 0.2) is 12.2 Å². The van der Waals surface area contributed by atoms with Crippen LogP contribution in [-0.2, 0) is 42.9 Å². The summed E-state index contributed by atoms with van der Waals surface area (Å²) in [7, 11) is 0. The summed E-state index contributed by atoms with van der Waals surface area (Å²) in [5.74, 6) is -2.96. The second-order valence-corrected chi connectivity index (χ2v) is 8.23. The van der Waals surface area contributed by atoms with Crippen LogP contribution in [0.25, 0.3) is 0 Å². The van der Waals surface area contributed by atoms with E-state index in [-0.39, 0.29) is 17.2 Å². The number of esters is 4. The molecule has 14 nitrogen and oxygen atoms in total. The first-order valence-electron chi connectivity index (χ1n) is 11.2. The molecule has 0 bridgehead atoms. The molecule has 204 valence electrons. The molecule has 0 amide bonds. The van der Waals surface area contributed by atoms with E-state index in [0.717, 1.165) is 27.7 Å². The van der Waals surface area contributed by atoms with Gasteiger partial charge in [0.1, 0.15) is 12.7 Å². The Hall–Kier alpha value is -4.04. The van der Waals surface area contributed by atoms with E-state index < -0.39 is 61.2 Å². The fourth-order valence-electron chi connectivity index (χ4n) is 3.48. The van der Waals surface area contributed by atoms with Gasteiger partial charge in [0.05, 0.1) is 0 Å². The molecule has 2 heterocycles. The molecule has 1 aliphatic heterocycles. The maximum absolute atomic E-state index is 12.0. The quantitative estimate of drug-likeness (QED) is 0.351. The highest BCUT2D eigenvalue weighted by atomic mass is 35.5. The number of carbonyl (C=O) groups is 4. The molecule has 1 aromatic carbocycles. The Balaban J connectivity index is 1.97. The summed E-state index contributed by atoms with van der Waals surface area (Å²) in [5.41, 5.74) is 0.646. The number of nitrogens with one attached hydrogen (secondary N) is 1. The molecular weight excluding hydrogens is 528 g/mol. The van der Waals surface area contributed by atoms with Gasteiger partial charge in [-0.05, 0) is 23.7 Å². The summed E-state index contributed by atoms with van der Waals surface area (Å²) in [4.78, 5) is 59.3. The van der Waals surface area contributed by atoms with Gasteiger partial charge in [-0.3, -0.25) is 19.2 Å². The number of anilines is 2. The number of para-hydroxylation sites is 1. The monoisotopic (exact) mass is 552 g/mol. The second kappa shape index (κ2) is 13.0. The third-order valence-corrected chi connectivity index (χ3v) is 4.96. The van der Waals surface area contributed by atoms with Gasteiger partial charge >= 0.3 is 29.9 Å². The first kappa shape index (κ1) is 28.5. The van der Waals surface area contributed by atoms with E-state index in [1.54, 1.807) is 24.3 Å². The van der Waals surface area contributed by atoms with Crippen molar-refractivity contribution >= 4 is 47.1 Å². The van der Waals surface area contributed by atoms with E-state index in [9.17, 15) is 19.2 Å². The standard InChI is InChI=1S/C23H25ClN4O10/c1-11(29)33-10-16-17(34-12(2)30)18(35-13(3)31)19(36-14(4)32)20(37-16)38-23-27-21(24)26-22(28-23)25-15-8-6-5-7-9-15/h5-9,16-20H,10H2,1-4H3,(H,25,26,27,28)/t16-,17-,18+,19-,20+/m1/s1. The van der Waals surface area contributed by atoms with Crippen LogP contribution in [0.3, 0.4) is 0 Å². The van der Waals surface area contributed by atoms with E-state index >= 15 is 0 Å². The number of hydrogen-bond acceptors (Lipinski definition) is 14. The number of halogens is 1. The topological polar surface area (TPSA) is 174 Å². The van der Waals surface area contributed by atoms with Crippen LogP contribution >= 0.6 is 11.6 Å². The molecule has 3 rings (SSSR count). The summed E-state index contributed by atoms with van der Waals surface area (Å²) < 4.78 is 32.7. The predicted molar refractivity (Wildman–Crippen MR) is 127 cm³/mol. The van der Waals surface area contributed by atoms with E-state index in [2.05, 4.69) is 20.3 Å². The van der Waals surface area contributed by atoms with Crippen LogP contribution in [-0.4, -0.2) is 76.1 Å². The Kier molecular flexibility index (Phi) is 9.73. The van der Waals surface area contributed by atoms with Crippen molar-refractivity contribution in [1.82, 2.24) is 15.0 Å². The fraction of sp³-hybridized carbons (Fsp3) is 0.435. The van der Waals surface area contributed by atoms with Gasteiger partial charge in [-0.25, -0.2) is 0 Å². The van der Waals surface area contributed by atoms with Gasteiger partial charge in [0.25, 0.3) is 0 Å². The van der Waals surface area contributed by atoms with Crippen molar-refractivity contribution in [3.63, 3.8) is 0 Å². The number of nitrogens with zero attached hydrogens (tertiary/aromatic N) is 3. The lowest BCUT2D eigenvalue weighted by molar-refractivity contribution is -0.289. The Morgan fingerprint density at radius 3 is 2.05 bits per heavy atom. The van der Waals surface area contributed by atoms with Crippen LogP contribution < -0.4 is 10.1 Å². The number of carbonyl (C=O) groups excluding carboxylic acids is 4. The maximum Gasteiger partial charge on any atom is 0.325 e. The van der Waals surface area contributed by atoms with Crippen molar-refractivity contribution in [2.24, 2.45) is 0 Å². The minimum atomic E-state index is -1.53. The van der Waals surface area contributed by atoms with Crippen molar-refractivity contribution in [3.05, 3.63) is 35.6 Å². The Morgan fingerprint density at radius 1 is 0.842 bits per heavy atom. The van der Waals surface area contributed by atoms with Gasteiger partial charge in [0.2, 0.25) is 23.6 Å². The molecule has 1 fully saturated rings. The van der Waals surface area contributed by atoms with Crippen LogP contribution in [0.4, 0.5) is 11.6 Å². The fourth-order valence-corrected chi connectivity index (χ4v) is 3.63. The van der Waals surface area contributed by atoms with Gasteiger partial charge in [-0.15, -0.1) is 0 Å². The number of benzene rings is 1.